The summed E-state index contributed by atoms with van der Waals surface area (Å²) in [7, 11) is -0.336. The zero-order valence-electron chi connectivity index (χ0n) is 8.48. The van der Waals surface area contributed by atoms with Gasteiger partial charge in [0.25, 0.3) is 0 Å². The highest BCUT2D eigenvalue weighted by atomic mass is 32.2. The highest BCUT2D eigenvalue weighted by Crippen LogP contribution is 2.19. The Morgan fingerprint density at radius 2 is 1.86 bits per heavy atom. The Bertz CT molecular complexity index is 438. The smallest absolute Gasteiger partial charge is 0.242 e. The second kappa shape index (κ2) is 3.59. The number of rotatable bonds is 2. The Hall–Kier alpha value is -1.07. The average molecular weight is 214 g/mol. The molecule has 0 unspecified atom stereocenters. The first-order valence-electron chi connectivity index (χ1n) is 4.14. The van der Waals surface area contributed by atoms with Crippen molar-refractivity contribution in [2.45, 2.75) is 11.8 Å². The number of hydrogen-bond acceptors (Lipinski definition) is 3. The molecule has 14 heavy (non-hydrogen) atoms. The first-order valence-corrected chi connectivity index (χ1v) is 5.58. The quantitative estimate of drug-likeness (QED) is 0.742. The van der Waals surface area contributed by atoms with E-state index in [1.807, 2.05) is 0 Å². The van der Waals surface area contributed by atoms with E-state index < -0.39 is 10.0 Å². The minimum atomic E-state index is -3.35. The number of nitrogen functional groups attached to an aromatic ring is 1. The monoisotopic (exact) mass is 214 g/mol. The van der Waals surface area contributed by atoms with Crippen LogP contribution in [0.25, 0.3) is 0 Å². The third-order valence-corrected chi connectivity index (χ3v) is 3.93. The Balaban J connectivity index is 3.35. The Morgan fingerprint density at radius 1 is 1.29 bits per heavy atom. The van der Waals surface area contributed by atoms with E-state index in [4.69, 9.17) is 5.73 Å². The number of sulfonamides is 1. The van der Waals surface area contributed by atoms with Gasteiger partial charge in [0.15, 0.2) is 0 Å². The SMILES string of the molecule is Cc1cc(N)ccc1S(=O)(=O)N(C)C. The largest absolute Gasteiger partial charge is 0.399 e. The lowest BCUT2D eigenvalue weighted by atomic mass is 10.2. The van der Waals surface area contributed by atoms with E-state index in [-0.39, 0.29) is 0 Å². The maximum Gasteiger partial charge on any atom is 0.242 e. The molecule has 0 bridgehead atoms. The fraction of sp³-hybridized carbons (Fsp3) is 0.333. The van der Waals surface area contributed by atoms with Crippen LogP contribution in [0.5, 0.6) is 0 Å². The highest BCUT2D eigenvalue weighted by Gasteiger charge is 2.18. The van der Waals surface area contributed by atoms with Crippen LogP contribution < -0.4 is 5.73 Å². The van der Waals surface area contributed by atoms with Gasteiger partial charge in [-0.1, -0.05) is 0 Å². The Kier molecular flexibility index (Phi) is 2.82. The summed E-state index contributed by atoms with van der Waals surface area (Å²) < 4.78 is 24.7. The molecule has 0 fully saturated rings. The van der Waals surface area contributed by atoms with Gasteiger partial charge in [-0.25, -0.2) is 12.7 Å². The molecule has 0 atom stereocenters. The fourth-order valence-corrected chi connectivity index (χ4v) is 2.26. The van der Waals surface area contributed by atoms with Crippen molar-refractivity contribution < 1.29 is 8.42 Å². The highest BCUT2D eigenvalue weighted by molar-refractivity contribution is 7.89. The average Bonchev–Trinajstić information content (AvgIpc) is 2.02. The number of anilines is 1. The molecule has 1 rings (SSSR count). The summed E-state index contributed by atoms with van der Waals surface area (Å²) in [4.78, 5) is 0.303. The molecule has 4 nitrogen and oxygen atoms in total. The lowest BCUT2D eigenvalue weighted by Crippen LogP contribution is -2.23. The molecule has 78 valence electrons. The van der Waals surface area contributed by atoms with E-state index in [1.54, 1.807) is 19.1 Å². The topological polar surface area (TPSA) is 63.4 Å². The third kappa shape index (κ3) is 1.88. The second-order valence-corrected chi connectivity index (χ2v) is 5.43. The van der Waals surface area contributed by atoms with Crippen molar-refractivity contribution in [3.63, 3.8) is 0 Å². The van der Waals surface area contributed by atoms with Gasteiger partial charge < -0.3 is 5.73 Å². The molecule has 2 N–H and O–H groups in total. The fourth-order valence-electron chi connectivity index (χ4n) is 1.16. The van der Waals surface area contributed by atoms with Gasteiger partial charge in [-0.05, 0) is 30.7 Å². The van der Waals surface area contributed by atoms with Gasteiger partial charge in [0.2, 0.25) is 10.0 Å². The summed E-state index contributed by atoms with van der Waals surface area (Å²) in [5.74, 6) is 0. The van der Waals surface area contributed by atoms with Gasteiger partial charge in [-0.2, -0.15) is 0 Å². The van der Waals surface area contributed by atoms with Crippen molar-refractivity contribution >= 4 is 15.7 Å². The van der Waals surface area contributed by atoms with Gasteiger partial charge in [0, 0.05) is 19.8 Å². The molecule has 0 aliphatic carbocycles. The van der Waals surface area contributed by atoms with Crippen LogP contribution in [0, 0.1) is 6.92 Å². The van der Waals surface area contributed by atoms with E-state index in [2.05, 4.69) is 0 Å². The molecular formula is C9H14N2O2S. The molecular weight excluding hydrogens is 200 g/mol. The maximum absolute atomic E-state index is 11.7. The van der Waals surface area contributed by atoms with Gasteiger partial charge in [-0.15, -0.1) is 0 Å². The summed E-state index contributed by atoms with van der Waals surface area (Å²) in [5.41, 5.74) is 6.77. The zero-order valence-corrected chi connectivity index (χ0v) is 9.30. The number of nitrogens with zero attached hydrogens (tertiary/aromatic N) is 1. The van der Waals surface area contributed by atoms with Crippen LogP contribution in [0.3, 0.4) is 0 Å². The van der Waals surface area contributed by atoms with Crippen molar-refractivity contribution in [3.8, 4) is 0 Å². The summed E-state index contributed by atoms with van der Waals surface area (Å²) in [6.45, 7) is 1.73. The Labute approximate surface area is 84.4 Å². The van der Waals surface area contributed by atoms with Gasteiger partial charge >= 0.3 is 0 Å². The molecule has 0 aliphatic rings. The third-order valence-electron chi connectivity index (χ3n) is 1.96. The first kappa shape index (κ1) is 11.0. The first-order chi connectivity index (χ1) is 6.35. The van der Waals surface area contributed by atoms with Crippen molar-refractivity contribution in [2.24, 2.45) is 0 Å². The molecule has 0 heterocycles. The number of nitrogens with two attached hydrogens (primary N) is 1. The molecule has 0 amide bonds. The number of hydrogen-bond donors (Lipinski definition) is 1. The van der Waals surface area contributed by atoms with Crippen LogP contribution in [-0.4, -0.2) is 26.8 Å². The lowest BCUT2D eigenvalue weighted by molar-refractivity contribution is 0.520. The zero-order chi connectivity index (χ0) is 10.9. The molecule has 0 saturated carbocycles. The van der Waals surface area contributed by atoms with Crippen molar-refractivity contribution in [1.82, 2.24) is 4.31 Å². The molecule has 0 spiro atoms. The molecule has 1 aromatic rings. The molecule has 1 aromatic carbocycles. The minimum Gasteiger partial charge on any atom is -0.399 e. The normalized spacial score (nSPS) is 12.0. The molecule has 0 aromatic heterocycles. The minimum absolute atomic E-state index is 0.303. The molecule has 0 radical (unpaired) electrons. The molecule has 0 aliphatic heterocycles. The summed E-state index contributed by atoms with van der Waals surface area (Å²) in [6.07, 6.45) is 0. The summed E-state index contributed by atoms with van der Waals surface area (Å²) >= 11 is 0. The molecule has 5 heteroatoms. The second-order valence-electron chi connectivity index (χ2n) is 3.31. The predicted octanol–water partition coefficient (Wildman–Crippen LogP) is 0.828. The van der Waals surface area contributed by atoms with E-state index in [1.165, 1.54) is 24.5 Å². The van der Waals surface area contributed by atoms with Crippen LogP contribution in [0.1, 0.15) is 5.56 Å². The lowest BCUT2D eigenvalue weighted by Gasteiger charge is -2.13. The maximum atomic E-state index is 11.7. The predicted molar refractivity (Wildman–Crippen MR) is 56.5 cm³/mol. The standard InChI is InChI=1S/C9H14N2O2S/c1-7-6-8(10)4-5-9(7)14(12,13)11(2)3/h4-6H,10H2,1-3H3. The van der Waals surface area contributed by atoms with Crippen LogP contribution >= 0.6 is 0 Å². The van der Waals surface area contributed by atoms with Crippen molar-refractivity contribution in [2.75, 3.05) is 19.8 Å². The summed E-state index contributed by atoms with van der Waals surface area (Å²) in [6, 6.07) is 4.76. The van der Waals surface area contributed by atoms with E-state index in [0.717, 1.165) is 0 Å². The molecule has 0 saturated heterocycles. The van der Waals surface area contributed by atoms with E-state index in [9.17, 15) is 8.42 Å². The van der Waals surface area contributed by atoms with Gasteiger partial charge in [0.05, 0.1) is 4.90 Å². The summed E-state index contributed by atoms with van der Waals surface area (Å²) in [5, 5.41) is 0. The van der Waals surface area contributed by atoms with Crippen LogP contribution in [0.4, 0.5) is 5.69 Å². The Morgan fingerprint density at radius 3 is 2.29 bits per heavy atom. The van der Waals surface area contributed by atoms with Crippen LogP contribution in [0.15, 0.2) is 23.1 Å². The van der Waals surface area contributed by atoms with Gasteiger partial charge in [0.1, 0.15) is 0 Å². The number of aryl methyl sites for hydroxylation is 1. The van der Waals surface area contributed by atoms with Crippen molar-refractivity contribution in [3.05, 3.63) is 23.8 Å². The van der Waals surface area contributed by atoms with Crippen LogP contribution in [-0.2, 0) is 10.0 Å². The van der Waals surface area contributed by atoms with E-state index in [0.29, 0.717) is 16.1 Å². The number of benzene rings is 1. The van der Waals surface area contributed by atoms with E-state index >= 15 is 0 Å². The van der Waals surface area contributed by atoms with Crippen LogP contribution in [0.2, 0.25) is 0 Å². The van der Waals surface area contributed by atoms with Gasteiger partial charge in [-0.3, -0.25) is 0 Å². The van der Waals surface area contributed by atoms with Crippen molar-refractivity contribution in [1.29, 1.82) is 0 Å².